The van der Waals surface area contributed by atoms with Gasteiger partial charge in [0.05, 0.1) is 17.3 Å². The van der Waals surface area contributed by atoms with Crippen LogP contribution in [0.4, 0.5) is 0 Å². The van der Waals surface area contributed by atoms with Gasteiger partial charge in [-0.25, -0.2) is 15.0 Å². The monoisotopic (exact) mass is 246 g/mol. The van der Waals surface area contributed by atoms with Crippen molar-refractivity contribution in [3.05, 3.63) is 54.1 Å². The lowest BCUT2D eigenvalue weighted by Crippen LogP contribution is -1.92. The molecule has 0 bridgehead atoms. The van der Waals surface area contributed by atoms with Crippen LogP contribution in [-0.2, 0) is 0 Å². The quantitative estimate of drug-likeness (QED) is 0.662. The van der Waals surface area contributed by atoms with Gasteiger partial charge >= 0.3 is 0 Å². The molecule has 0 fully saturated rings. The number of hydrogen-bond donors (Lipinski definition) is 0. The second kappa shape index (κ2) is 4.46. The Labute approximate surface area is 110 Å². The molecule has 0 aliphatic heterocycles. The van der Waals surface area contributed by atoms with Gasteiger partial charge < -0.3 is 0 Å². The second-order valence-corrected chi connectivity index (χ2v) is 4.21. The fourth-order valence-corrected chi connectivity index (χ4v) is 2.05. The minimum absolute atomic E-state index is 0.637. The highest BCUT2D eigenvalue weighted by Gasteiger charge is 2.07. The van der Waals surface area contributed by atoms with Crippen LogP contribution in [0.1, 0.15) is 11.3 Å². The molecule has 3 aromatic rings. The van der Waals surface area contributed by atoms with Crippen LogP contribution in [0.2, 0.25) is 0 Å². The molecule has 1 aromatic carbocycles. The van der Waals surface area contributed by atoms with Gasteiger partial charge in [0.25, 0.3) is 0 Å². The van der Waals surface area contributed by atoms with Crippen molar-refractivity contribution in [1.82, 2.24) is 15.0 Å². The third kappa shape index (κ3) is 1.91. The van der Waals surface area contributed by atoms with Crippen LogP contribution in [0.15, 0.2) is 42.9 Å². The van der Waals surface area contributed by atoms with Crippen LogP contribution in [0, 0.1) is 18.3 Å². The summed E-state index contributed by atoms with van der Waals surface area (Å²) >= 11 is 0. The summed E-state index contributed by atoms with van der Waals surface area (Å²) in [5.74, 6) is 0. The van der Waals surface area contributed by atoms with Crippen LogP contribution in [-0.4, -0.2) is 15.0 Å². The first-order valence-electron chi connectivity index (χ1n) is 5.86. The fraction of sp³-hybridized carbons (Fsp3) is 0.0667. The summed E-state index contributed by atoms with van der Waals surface area (Å²) in [4.78, 5) is 12.6. The van der Waals surface area contributed by atoms with Gasteiger partial charge in [0, 0.05) is 22.7 Å². The number of benzene rings is 1. The molecular formula is C15H10N4. The molecule has 0 N–H and O–H groups in total. The van der Waals surface area contributed by atoms with E-state index in [0.717, 1.165) is 22.2 Å². The van der Waals surface area contributed by atoms with E-state index in [1.165, 1.54) is 6.33 Å². The molecule has 0 amide bonds. The lowest BCUT2D eigenvalue weighted by atomic mass is 10.0. The van der Waals surface area contributed by atoms with E-state index in [1.54, 1.807) is 12.3 Å². The Morgan fingerprint density at radius 2 is 1.95 bits per heavy atom. The Morgan fingerprint density at radius 1 is 1.11 bits per heavy atom. The average Bonchev–Trinajstić information content (AvgIpc) is 2.47. The highest BCUT2D eigenvalue weighted by Crippen LogP contribution is 2.25. The fourth-order valence-electron chi connectivity index (χ4n) is 2.05. The van der Waals surface area contributed by atoms with E-state index in [9.17, 15) is 0 Å². The Morgan fingerprint density at radius 3 is 2.79 bits per heavy atom. The molecule has 0 radical (unpaired) electrons. The average molecular weight is 246 g/mol. The molecule has 0 atom stereocenters. The molecule has 0 aliphatic rings. The molecule has 2 aromatic heterocycles. The van der Waals surface area contributed by atoms with Gasteiger partial charge in [-0.15, -0.1) is 0 Å². The first kappa shape index (κ1) is 11.3. The van der Waals surface area contributed by atoms with E-state index in [2.05, 4.69) is 21.0 Å². The summed E-state index contributed by atoms with van der Waals surface area (Å²) in [6.07, 6.45) is 3.25. The van der Waals surface area contributed by atoms with Crippen molar-refractivity contribution in [3.63, 3.8) is 0 Å². The lowest BCUT2D eigenvalue weighted by Gasteiger charge is -2.05. The summed E-state index contributed by atoms with van der Waals surface area (Å²) < 4.78 is 0. The topological polar surface area (TPSA) is 62.5 Å². The maximum absolute atomic E-state index is 9.15. The number of nitriles is 1. The minimum atomic E-state index is 0.637. The third-order valence-corrected chi connectivity index (χ3v) is 3.05. The van der Waals surface area contributed by atoms with Gasteiger partial charge in [0.1, 0.15) is 6.33 Å². The van der Waals surface area contributed by atoms with E-state index < -0.39 is 0 Å². The summed E-state index contributed by atoms with van der Waals surface area (Å²) in [7, 11) is 0. The molecule has 0 aliphatic carbocycles. The van der Waals surface area contributed by atoms with Crippen LogP contribution in [0.5, 0.6) is 0 Å². The standard InChI is InChI=1S/C15H10N4/c1-10-14-6-12(8-17-15(14)19-9-18-10)13-5-3-2-4-11(13)7-16/h2-6,8-9H,1H3. The van der Waals surface area contributed by atoms with E-state index >= 15 is 0 Å². The van der Waals surface area contributed by atoms with Crippen molar-refractivity contribution in [2.45, 2.75) is 6.92 Å². The van der Waals surface area contributed by atoms with Crippen LogP contribution in [0.25, 0.3) is 22.2 Å². The predicted octanol–water partition coefficient (Wildman–Crippen LogP) is 2.87. The molecule has 0 unspecified atom stereocenters. The first-order chi connectivity index (χ1) is 9.29. The Balaban J connectivity index is 2.27. The first-order valence-corrected chi connectivity index (χ1v) is 5.86. The molecule has 4 heteroatoms. The summed E-state index contributed by atoms with van der Waals surface area (Å²) in [6.45, 7) is 1.92. The lowest BCUT2D eigenvalue weighted by molar-refractivity contribution is 1.13. The van der Waals surface area contributed by atoms with Crippen molar-refractivity contribution >= 4 is 11.0 Å². The number of pyridine rings is 1. The molecule has 19 heavy (non-hydrogen) atoms. The number of aryl methyl sites for hydroxylation is 1. The largest absolute Gasteiger partial charge is 0.241 e. The maximum Gasteiger partial charge on any atom is 0.162 e. The highest BCUT2D eigenvalue weighted by atomic mass is 14.9. The van der Waals surface area contributed by atoms with Gasteiger partial charge in [0.15, 0.2) is 5.65 Å². The second-order valence-electron chi connectivity index (χ2n) is 4.21. The SMILES string of the molecule is Cc1ncnc2ncc(-c3ccccc3C#N)cc12. The number of fused-ring (bicyclic) bond motifs is 1. The van der Waals surface area contributed by atoms with Crippen molar-refractivity contribution in [3.8, 4) is 17.2 Å². The van der Waals surface area contributed by atoms with Gasteiger partial charge in [-0.05, 0) is 19.1 Å². The predicted molar refractivity (Wildman–Crippen MR) is 72.2 cm³/mol. The molecule has 3 rings (SSSR count). The van der Waals surface area contributed by atoms with Crippen molar-refractivity contribution in [2.75, 3.05) is 0 Å². The van der Waals surface area contributed by atoms with E-state index in [0.29, 0.717) is 11.2 Å². The molecule has 0 saturated carbocycles. The van der Waals surface area contributed by atoms with Crippen LogP contribution in [0.3, 0.4) is 0 Å². The number of hydrogen-bond acceptors (Lipinski definition) is 4. The number of nitrogens with zero attached hydrogens (tertiary/aromatic N) is 4. The zero-order valence-corrected chi connectivity index (χ0v) is 10.3. The molecule has 4 nitrogen and oxygen atoms in total. The minimum Gasteiger partial charge on any atom is -0.241 e. The molecule has 2 heterocycles. The van der Waals surface area contributed by atoms with E-state index in [1.807, 2.05) is 31.2 Å². The van der Waals surface area contributed by atoms with E-state index in [-0.39, 0.29) is 0 Å². The van der Waals surface area contributed by atoms with Gasteiger partial charge in [-0.2, -0.15) is 5.26 Å². The van der Waals surface area contributed by atoms with Crippen molar-refractivity contribution < 1.29 is 0 Å². The zero-order chi connectivity index (χ0) is 13.2. The van der Waals surface area contributed by atoms with Gasteiger partial charge in [-0.3, -0.25) is 0 Å². The molecule has 90 valence electrons. The normalized spacial score (nSPS) is 10.3. The number of aromatic nitrogens is 3. The van der Waals surface area contributed by atoms with Crippen molar-refractivity contribution in [2.24, 2.45) is 0 Å². The van der Waals surface area contributed by atoms with Gasteiger partial charge in [-0.1, -0.05) is 18.2 Å². The zero-order valence-electron chi connectivity index (χ0n) is 10.3. The third-order valence-electron chi connectivity index (χ3n) is 3.05. The van der Waals surface area contributed by atoms with Crippen LogP contribution < -0.4 is 0 Å². The van der Waals surface area contributed by atoms with Gasteiger partial charge in [0.2, 0.25) is 0 Å². The Hall–Kier alpha value is -2.80. The molecular weight excluding hydrogens is 236 g/mol. The summed E-state index contributed by atoms with van der Waals surface area (Å²) in [5, 5.41) is 10.1. The molecule has 0 spiro atoms. The summed E-state index contributed by atoms with van der Waals surface area (Å²) in [6, 6.07) is 11.7. The highest BCUT2D eigenvalue weighted by molar-refractivity contribution is 5.83. The number of rotatable bonds is 1. The smallest absolute Gasteiger partial charge is 0.162 e. The maximum atomic E-state index is 9.15. The Kier molecular flexibility index (Phi) is 2.66. The molecule has 0 saturated heterocycles. The van der Waals surface area contributed by atoms with Crippen LogP contribution >= 0.6 is 0 Å². The van der Waals surface area contributed by atoms with Crippen molar-refractivity contribution in [1.29, 1.82) is 5.26 Å². The summed E-state index contributed by atoms with van der Waals surface area (Å²) in [5.41, 5.74) is 3.97. The van der Waals surface area contributed by atoms with E-state index in [4.69, 9.17) is 5.26 Å². The Bertz CT molecular complexity index is 803.